The monoisotopic (exact) mass is 240 g/mol. The van der Waals surface area contributed by atoms with Gasteiger partial charge in [0.15, 0.2) is 0 Å². The summed E-state index contributed by atoms with van der Waals surface area (Å²) < 4.78 is 26.1. The molecule has 1 saturated heterocycles. The lowest BCUT2D eigenvalue weighted by Crippen LogP contribution is -2.33. The Bertz CT molecular complexity index is 374. The molecule has 1 N–H and O–H groups in total. The average molecular weight is 240 g/mol. The van der Waals surface area contributed by atoms with Crippen LogP contribution in [0.3, 0.4) is 0 Å². The van der Waals surface area contributed by atoms with Crippen molar-refractivity contribution in [2.24, 2.45) is 5.92 Å². The highest BCUT2D eigenvalue weighted by molar-refractivity contribution is 5.44. The zero-order chi connectivity index (χ0) is 12.3. The van der Waals surface area contributed by atoms with E-state index in [0.717, 1.165) is 38.5 Å². The second-order valence-electron chi connectivity index (χ2n) is 4.75. The maximum atomic E-state index is 13.4. The van der Waals surface area contributed by atoms with Gasteiger partial charge in [-0.1, -0.05) is 0 Å². The van der Waals surface area contributed by atoms with Crippen LogP contribution < -0.4 is 5.32 Å². The summed E-state index contributed by atoms with van der Waals surface area (Å²) in [4.78, 5) is 2.30. The highest BCUT2D eigenvalue weighted by atomic mass is 19.1. The average Bonchev–Trinajstić information content (AvgIpc) is 2.30. The van der Waals surface area contributed by atoms with E-state index in [9.17, 15) is 8.78 Å². The molecular formula is C13H18F2N2. The molecule has 0 saturated carbocycles. The third-order valence-electron chi connectivity index (χ3n) is 3.35. The Morgan fingerprint density at radius 1 is 1.29 bits per heavy atom. The molecule has 0 radical (unpaired) electrons. The highest BCUT2D eigenvalue weighted by Crippen LogP contribution is 2.19. The predicted molar refractivity (Wildman–Crippen MR) is 65.1 cm³/mol. The number of piperidine rings is 1. The molecule has 0 aromatic heterocycles. The molecule has 1 aromatic carbocycles. The minimum atomic E-state index is -0.535. The maximum Gasteiger partial charge on any atom is 0.149 e. The van der Waals surface area contributed by atoms with Crippen molar-refractivity contribution in [3.8, 4) is 0 Å². The van der Waals surface area contributed by atoms with Crippen LogP contribution in [0.2, 0.25) is 0 Å². The van der Waals surface area contributed by atoms with E-state index < -0.39 is 11.6 Å². The third kappa shape index (κ3) is 3.40. The first-order valence-corrected chi connectivity index (χ1v) is 6.02. The molecule has 17 heavy (non-hydrogen) atoms. The van der Waals surface area contributed by atoms with Gasteiger partial charge in [0.2, 0.25) is 0 Å². The Morgan fingerprint density at radius 2 is 2.00 bits per heavy atom. The molecule has 0 bridgehead atoms. The van der Waals surface area contributed by atoms with Gasteiger partial charge in [0.25, 0.3) is 0 Å². The van der Waals surface area contributed by atoms with E-state index in [1.165, 1.54) is 12.1 Å². The minimum absolute atomic E-state index is 0.394. The van der Waals surface area contributed by atoms with Crippen molar-refractivity contribution in [1.29, 1.82) is 0 Å². The Hall–Kier alpha value is -1.16. The van der Waals surface area contributed by atoms with E-state index in [2.05, 4.69) is 17.3 Å². The van der Waals surface area contributed by atoms with Gasteiger partial charge in [0.1, 0.15) is 11.6 Å². The fraction of sp³-hybridized carbons (Fsp3) is 0.538. The van der Waals surface area contributed by atoms with Gasteiger partial charge < -0.3 is 10.2 Å². The van der Waals surface area contributed by atoms with Crippen molar-refractivity contribution < 1.29 is 8.78 Å². The first-order chi connectivity index (χ1) is 8.15. The van der Waals surface area contributed by atoms with Crippen molar-refractivity contribution >= 4 is 5.69 Å². The molecule has 1 aliphatic heterocycles. The lowest BCUT2D eigenvalue weighted by atomic mass is 9.97. The number of likely N-dealkylation sites (tertiary alicyclic amines) is 1. The van der Waals surface area contributed by atoms with Crippen molar-refractivity contribution in [3.63, 3.8) is 0 Å². The summed E-state index contributed by atoms with van der Waals surface area (Å²) in [7, 11) is 2.11. The van der Waals surface area contributed by atoms with Gasteiger partial charge in [0.05, 0.1) is 5.69 Å². The van der Waals surface area contributed by atoms with Crippen LogP contribution in [0.5, 0.6) is 0 Å². The number of halogens is 2. The lowest BCUT2D eigenvalue weighted by molar-refractivity contribution is 0.226. The van der Waals surface area contributed by atoms with Crippen LogP contribution in [0.15, 0.2) is 18.2 Å². The molecule has 2 rings (SSSR count). The normalized spacial score (nSPS) is 18.3. The van der Waals surface area contributed by atoms with Crippen LogP contribution in [-0.4, -0.2) is 31.6 Å². The summed E-state index contributed by atoms with van der Waals surface area (Å²) in [6.45, 7) is 2.95. The molecular weight excluding hydrogens is 222 g/mol. The molecule has 1 fully saturated rings. The number of nitrogens with one attached hydrogen (secondary N) is 1. The van der Waals surface area contributed by atoms with Gasteiger partial charge >= 0.3 is 0 Å². The maximum absolute atomic E-state index is 13.4. The van der Waals surface area contributed by atoms with E-state index in [1.807, 2.05) is 0 Å². The topological polar surface area (TPSA) is 15.3 Å². The van der Waals surface area contributed by atoms with Gasteiger partial charge in [0, 0.05) is 12.6 Å². The first-order valence-electron chi connectivity index (χ1n) is 6.02. The van der Waals surface area contributed by atoms with Gasteiger partial charge in [-0.05, 0) is 51.0 Å². The number of nitrogens with zero attached hydrogens (tertiary/aromatic N) is 1. The first kappa shape index (κ1) is 12.3. The molecule has 1 heterocycles. The lowest BCUT2D eigenvalue weighted by Gasteiger charge is -2.29. The van der Waals surface area contributed by atoms with E-state index in [-0.39, 0.29) is 0 Å². The Labute approximate surface area is 101 Å². The van der Waals surface area contributed by atoms with Gasteiger partial charge in [-0.3, -0.25) is 0 Å². The van der Waals surface area contributed by atoms with E-state index in [1.54, 1.807) is 0 Å². The highest BCUT2D eigenvalue weighted by Gasteiger charge is 2.16. The molecule has 2 nitrogen and oxygen atoms in total. The molecule has 0 unspecified atom stereocenters. The van der Waals surface area contributed by atoms with Crippen LogP contribution >= 0.6 is 0 Å². The number of hydrogen-bond acceptors (Lipinski definition) is 2. The molecule has 1 aliphatic rings. The minimum Gasteiger partial charge on any atom is -0.382 e. The van der Waals surface area contributed by atoms with Gasteiger partial charge in [-0.15, -0.1) is 0 Å². The summed E-state index contributed by atoms with van der Waals surface area (Å²) in [6, 6.07) is 3.65. The van der Waals surface area contributed by atoms with Crippen molar-refractivity contribution in [2.75, 3.05) is 32.0 Å². The summed E-state index contributed by atoms with van der Waals surface area (Å²) in [5.41, 5.74) is 0.394. The molecule has 0 spiro atoms. The number of hydrogen-bond donors (Lipinski definition) is 1. The summed E-state index contributed by atoms with van der Waals surface area (Å²) in [6.07, 6.45) is 2.26. The van der Waals surface area contributed by atoms with Crippen LogP contribution in [0, 0.1) is 17.6 Å². The van der Waals surface area contributed by atoms with E-state index in [4.69, 9.17) is 0 Å². The zero-order valence-electron chi connectivity index (χ0n) is 10.0. The van der Waals surface area contributed by atoms with Crippen LogP contribution in [0.1, 0.15) is 12.8 Å². The quantitative estimate of drug-likeness (QED) is 0.874. The van der Waals surface area contributed by atoms with Gasteiger partial charge in [-0.2, -0.15) is 0 Å². The number of benzene rings is 1. The second kappa shape index (κ2) is 5.45. The van der Waals surface area contributed by atoms with Crippen LogP contribution in [0.25, 0.3) is 0 Å². The third-order valence-corrected chi connectivity index (χ3v) is 3.35. The van der Waals surface area contributed by atoms with Gasteiger partial charge in [-0.25, -0.2) is 8.78 Å². The summed E-state index contributed by atoms with van der Waals surface area (Å²) in [5, 5.41) is 3.06. The Balaban J connectivity index is 1.85. The fourth-order valence-corrected chi connectivity index (χ4v) is 2.15. The largest absolute Gasteiger partial charge is 0.382 e. The van der Waals surface area contributed by atoms with Crippen molar-refractivity contribution in [2.45, 2.75) is 12.8 Å². The van der Waals surface area contributed by atoms with Crippen LogP contribution in [-0.2, 0) is 0 Å². The molecule has 4 heteroatoms. The molecule has 0 aliphatic carbocycles. The molecule has 0 amide bonds. The number of anilines is 1. The van der Waals surface area contributed by atoms with E-state index in [0.29, 0.717) is 11.6 Å². The second-order valence-corrected chi connectivity index (χ2v) is 4.75. The smallest absolute Gasteiger partial charge is 0.149 e. The standard InChI is InChI=1S/C13H18F2N2/c1-17-6-4-10(5-7-17)9-16-13-3-2-11(14)8-12(13)15/h2-3,8,10,16H,4-7,9H2,1H3. The molecule has 0 atom stereocenters. The molecule has 94 valence electrons. The van der Waals surface area contributed by atoms with E-state index >= 15 is 0 Å². The fourth-order valence-electron chi connectivity index (χ4n) is 2.15. The molecule has 1 aromatic rings. The Kier molecular flexibility index (Phi) is 3.94. The predicted octanol–water partition coefficient (Wildman–Crippen LogP) is 2.72. The summed E-state index contributed by atoms with van der Waals surface area (Å²) in [5.74, 6) is -0.471. The van der Waals surface area contributed by atoms with Crippen molar-refractivity contribution in [1.82, 2.24) is 4.90 Å². The van der Waals surface area contributed by atoms with Crippen LogP contribution in [0.4, 0.5) is 14.5 Å². The zero-order valence-corrected chi connectivity index (χ0v) is 10.0. The summed E-state index contributed by atoms with van der Waals surface area (Å²) >= 11 is 0. The van der Waals surface area contributed by atoms with Crippen molar-refractivity contribution in [3.05, 3.63) is 29.8 Å². The number of rotatable bonds is 3. The SMILES string of the molecule is CN1CCC(CNc2ccc(F)cc2F)CC1. The Morgan fingerprint density at radius 3 is 2.65 bits per heavy atom.